The number of hydrogen-bond acceptors (Lipinski definition) is 2. The monoisotopic (exact) mass is 307 g/mol. The molecule has 118 valence electrons. The molecular weight excluding hydrogens is 286 g/mol. The van der Waals surface area contributed by atoms with Crippen molar-refractivity contribution in [1.82, 2.24) is 0 Å². The van der Waals surface area contributed by atoms with E-state index in [1.165, 1.54) is 0 Å². The highest BCUT2D eigenvalue weighted by Gasteiger charge is 2.07. The summed E-state index contributed by atoms with van der Waals surface area (Å²) in [7, 11) is 1.60. The minimum Gasteiger partial charge on any atom is -0.497 e. The molecule has 0 bridgehead atoms. The van der Waals surface area contributed by atoms with E-state index in [0.29, 0.717) is 17.0 Å². The summed E-state index contributed by atoms with van der Waals surface area (Å²) in [6, 6.07) is 14.5. The molecule has 0 aromatic heterocycles. The Bertz CT molecular complexity index is 744. The number of rotatable bonds is 3. The second kappa shape index (κ2) is 7.02. The van der Waals surface area contributed by atoms with Gasteiger partial charge >= 0.3 is 0 Å². The number of anilines is 1. The van der Waals surface area contributed by atoms with E-state index < -0.39 is 0 Å². The Morgan fingerprint density at radius 3 is 2.39 bits per heavy atom. The summed E-state index contributed by atoms with van der Waals surface area (Å²) in [6.45, 7) is 6.20. The summed E-state index contributed by atoms with van der Waals surface area (Å²) in [4.78, 5) is 12.3. The van der Waals surface area contributed by atoms with Gasteiger partial charge in [-0.3, -0.25) is 4.79 Å². The van der Waals surface area contributed by atoms with Crippen LogP contribution in [0.25, 0.3) is 0 Å². The van der Waals surface area contributed by atoms with Crippen molar-refractivity contribution < 1.29 is 9.53 Å². The van der Waals surface area contributed by atoms with Crippen molar-refractivity contribution in [3.05, 3.63) is 59.7 Å². The topological polar surface area (TPSA) is 38.3 Å². The number of carbonyl (C=O) groups is 1. The van der Waals surface area contributed by atoms with Gasteiger partial charge in [0.25, 0.3) is 5.91 Å². The zero-order valence-corrected chi connectivity index (χ0v) is 13.9. The van der Waals surface area contributed by atoms with Gasteiger partial charge in [0.1, 0.15) is 5.75 Å². The van der Waals surface area contributed by atoms with Crippen LogP contribution in [0.4, 0.5) is 5.69 Å². The van der Waals surface area contributed by atoms with Crippen molar-refractivity contribution in [2.24, 2.45) is 5.41 Å². The highest BCUT2D eigenvalue weighted by atomic mass is 16.5. The van der Waals surface area contributed by atoms with Crippen molar-refractivity contribution in [2.45, 2.75) is 20.8 Å². The smallest absolute Gasteiger partial charge is 0.255 e. The number of hydrogen-bond donors (Lipinski definition) is 1. The average molecular weight is 307 g/mol. The normalized spacial score (nSPS) is 10.4. The van der Waals surface area contributed by atoms with Crippen LogP contribution in [-0.2, 0) is 0 Å². The third-order valence-corrected chi connectivity index (χ3v) is 3.06. The van der Waals surface area contributed by atoms with Gasteiger partial charge in [0.2, 0.25) is 0 Å². The van der Waals surface area contributed by atoms with Crippen LogP contribution in [0, 0.1) is 17.3 Å². The van der Waals surface area contributed by atoms with Gasteiger partial charge in [-0.2, -0.15) is 0 Å². The lowest BCUT2D eigenvalue weighted by molar-refractivity contribution is 0.102. The Morgan fingerprint density at radius 1 is 1.09 bits per heavy atom. The molecule has 3 nitrogen and oxygen atoms in total. The molecule has 0 atom stereocenters. The van der Waals surface area contributed by atoms with E-state index in [9.17, 15) is 4.79 Å². The third-order valence-electron chi connectivity index (χ3n) is 3.06. The van der Waals surface area contributed by atoms with Gasteiger partial charge in [-0.15, -0.1) is 0 Å². The molecule has 0 unspecified atom stereocenters. The zero-order chi connectivity index (χ0) is 16.9. The largest absolute Gasteiger partial charge is 0.497 e. The first-order valence-corrected chi connectivity index (χ1v) is 7.46. The van der Waals surface area contributed by atoms with Gasteiger partial charge in [0, 0.05) is 28.3 Å². The summed E-state index contributed by atoms with van der Waals surface area (Å²) in [5.41, 5.74) is 2.15. The molecule has 2 aromatic carbocycles. The molecule has 0 fully saturated rings. The van der Waals surface area contributed by atoms with E-state index in [0.717, 1.165) is 5.56 Å². The standard InChI is InChI=1S/C20H21NO2/c1-20(2,3)13-12-15-8-10-16(11-9-15)19(22)21-17-6-5-7-18(14-17)23-4/h5-11,14H,1-4H3,(H,21,22). The molecular formula is C20H21NO2. The lowest BCUT2D eigenvalue weighted by Crippen LogP contribution is -2.11. The first-order valence-electron chi connectivity index (χ1n) is 7.46. The summed E-state index contributed by atoms with van der Waals surface area (Å²) in [5, 5.41) is 2.85. The molecule has 0 aliphatic rings. The predicted octanol–water partition coefficient (Wildman–Crippen LogP) is 4.35. The second-order valence-corrected chi connectivity index (χ2v) is 6.26. The van der Waals surface area contributed by atoms with Crippen molar-refractivity contribution in [3.63, 3.8) is 0 Å². The lowest BCUT2D eigenvalue weighted by atomic mass is 9.97. The molecule has 0 saturated carbocycles. The van der Waals surface area contributed by atoms with Crippen LogP contribution in [0.15, 0.2) is 48.5 Å². The van der Waals surface area contributed by atoms with Crippen molar-refractivity contribution in [1.29, 1.82) is 0 Å². The summed E-state index contributed by atoms with van der Waals surface area (Å²) in [6.07, 6.45) is 0. The number of methoxy groups -OCH3 is 1. The van der Waals surface area contributed by atoms with Gasteiger partial charge in [-0.25, -0.2) is 0 Å². The summed E-state index contributed by atoms with van der Waals surface area (Å²) < 4.78 is 5.15. The minimum atomic E-state index is -0.159. The maximum Gasteiger partial charge on any atom is 0.255 e. The molecule has 0 aliphatic heterocycles. The van der Waals surface area contributed by atoms with Crippen molar-refractivity contribution >= 4 is 11.6 Å². The Labute approximate surface area is 137 Å². The minimum absolute atomic E-state index is 0.0393. The fourth-order valence-electron chi connectivity index (χ4n) is 1.87. The number of benzene rings is 2. The van der Waals surface area contributed by atoms with Crippen LogP contribution >= 0.6 is 0 Å². The number of nitrogens with one attached hydrogen (secondary N) is 1. The van der Waals surface area contributed by atoms with Crippen LogP contribution in [0.2, 0.25) is 0 Å². The SMILES string of the molecule is COc1cccc(NC(=O)c2ccc(C#CC(C)(C)C)cc2)c1. The molecule has 0 radical (unpaired) electrons. The lowest BCUT2D eigenvalue weighted by Gasteiger charge is -2.08. The fraction of sp³-hybridized carbons (Fsp3) is 0.250. The predicted molar refractivity (Wildman–Crippen MR) is 93.7 cm³/mol. The first-order chi connectivity index (χ1) is 10.9. The Balaban J connectivity index is 2.09. The van der Waals surface area contributed by atoms with Gasteiger partial charge in [-0.1, -0.05) is 17.9 Å². The molecule has 2 aromatic rings. The molecule has 3 heteroatoms. The number of carbonyl (C=O) groups excluding carboxylic acids is 1. The van der Waals surface area contributed by atoms with Gasteiger partial charge in [0.15, 0.2) is 0 Å². The van der Waals surface area contributed by atoms with Crippen LogP contribution in [0.1, 0.15) is 36.7 Å². The van der Waals surface area contributed by atoms with Crippen LogP contribution in [0.3, 0.4) is 0 Å². The van der Waals surface area contributed by atoms with E-state index in [1.807, 2.05) is 30.3 Å². The zero-order valence-electron chi connectivity index (χ0n) is 13.9. The average Bonchev–Trinajstić information content (AvgIpc) is 2.53. The maximum atomic E-state index is 12.3. The van der Waals surface area contributed by atoms with Crippen LogP contribution < -0.4 is 10.1 Å². The van der Waals surface area contributed by atoms with E-state index in [-0.39, 0.29) is 11.3 Å². The van der Waals surface area contributed by atoms with Crippen molar-refractivity contribution in [2.75, 3.05) is 12.4 Å². The van der Waals surface area contributed by atoms with Gasteiger partial charge in [0.05, 0.1) is 7.11 Å². The Morgan fingerprint density at radius 2 is 1.78 bits per heavy atom. The summed E-state index contributed by atoms with van der Waals surface area (Å²) in [5.74, 6) is 6.84. The molecule has 1 amide bonds. The van der Waals surface area contributed by atoms with E-state index in [4.69, 9.17) is 4.74 Å². The number of amides is 1. The quantitative estimate of drug-likeness (QED) is 0.856. The van der Waals surface area contributed by atoms with Crippen LogP contribution in [-0.4, -0.2) is 13.0 Å². The van der Waals surface area contributed by atoms with Crippen molar-refractivity contribution in [3.8, 4) is 17.6 Å². The molecule has 0 heterocycles. The van der Waals surface area contributed by atoms with E-state index in [2.05, 4.69) is 37.9 Å². The molecule has 2 rings (SSSR count). The van der Waals surface area contributed by atoms with E-state index >= 15 is 0 Å². The van der Waals surface area contributed by atoms with Crippen LogP contribution in [0.5, 0.6) is 5.75 Å². The highest BCUT2D eigenvalue weighted by molar-refractivity contribution is 6.04. The molecule has 0 spiro atoms. The second-order valence-electron chi connectivity index (χ2n) is 6.26. The maximum absolute atomic E-state index is 12.3. The third kappa shape index (κ3) is 5.19. The Kier molecular flexibility index (Phi) is 5.08. The van der Waals surface area contributed by atoms with Gasteiger partial charge in [-0.05, 0) is 57.2 Å². The fourth-order valence-corrected chi connectivity index (χ4v) is 1.87. The molecule has 1 N–H and O–H groups in total. The molecule has 0 saturated heterocycles. The highest BCUT2D eigenvalue weighted by Crippen LogP contribution is 2.17. The Hall–Kier alpha value is -2.73. The molecule has 23 heavy (non-hydrogen) atoms. The summed E-state index contributed by atoms with van der Waals surface area (Å²) >= 11 is 0. The number of ether oxygens (including phenoxy) is 1. The van der Waals surface area contributed by atoms with Gasteiger partial charge < -0.3 is 10.1 Å². The van der Waals surface area contributed by atoms with E-state index in [1.54, 1.807) is 25.3 Å². The molecule has 0 aliphatic carbocycles. The first kappa shape index (κ1) is 16.6.